The molecule has 2 aromatic rings. The average Bonchev–Trinajstić information content (AvgIpc) is 2.66. The Balaban J connectivity index is 0.000000387. The summed E-state index contributed by atoms with van der Waals surface area (Å²) in [5.41, 5.74) is 1.09. The van der Waals surface area contributed by atoms with Gasteiger partial charge in [0.2, 0.25) is 0 Å². The zero-order valence-corrected chi connectivity index (χ0v) is 14.3. The molecule has 8 heteroatoms. The van der Waals surface area contributed by atoms with Gasteiger partial charge >= 0.3 is 11.9 Å². The number of benzene rings is 2. The molecule has 8 nitrogen and oxygen atoms in total. The summed E-state index contributed by atoms with van der Waals surface area (Å²) in [6, 6.07) is 11.4. The van der Waals surface area contributed by atoms with Crippen molar-refractivity contribution in [1.82, 2.24) is 0 Å². The first-order valence-electron chi connectivity index (χ1n) is 7.54. The molecule has 4 N–H and O–H groups in total. The highest BCUT2D eigenvalue weighted by atomic mass is 16.5. The molecule has 0 radical (unpaired) electrons. The van der Waals surface area contributed by atoms with Crippen molar-refractivity contribution in [2.24, 2.45) is 0 Å². The van der Waals surface area contributed by atoms with E-state index in [2.05, 4.69) is 0 Å². The fourth-order valence-electron chi connectivity index (χ4n) is 2.00. The van der Waals surface area contributed by atoms with Gasteiger partial charge in [0.05, 0.1) is 19.3 Å². The first kappa shape index (κ1) is 21.4. The molecule has 0 fully saturated rings. The van der Waals surface area contributed by atoms with E-state index in [1.54, 1.807) is 24.3 Å². The lowest BCUT2D eigenvalue weighted by molar-refractivity contribution is -0.134. The van der Waals surface area contributed by atoms with Crippen molar-refractivity contribution in [2.75, 3.05) is 7.11 Å². The Morgan fingerprint density at radius 3 is 2.00 bits per heavy atom. The van der Waals surface area contributed by atoms with Crippen LogP contribution in [0.2, 0.25) is 0 Å². The molecule has 2 rings (SSSR count). The molecule has 0 heterocycles. The lowest BCUT2D eigenvalue weighted by Gasteiger charge is -2.10. The Hall–Kier alpha value is -3.65. The molecule has 0 bridgehead atoms. The summed E-state index contributed by atoms with van der Waals surface area (Å²) in [4.78, 5) is 31.4. The molecular formula is C19H18O8. The Labute approximate surface area is 154 Å². The number of ketones is 1. The van der Waals surface area contributed by atoms with Crippen molar-refractivity contribution in [2.45, 2.75) is 6.61 Å². The lowest BCUT2D eigenvalue weighted by atomic mass is 10.00. The van der Waals surface area contributed by atoms with Gasteiger partial charge in [-0.2, -0.15) is 0 Å². The molecule has 0 saturated heterocycles. The van der Waals surface area contributed by atoms with E-state index in [0.717, 1.165) is 0 Å². The maximum absolute atomic E-state index is 12.3. The molecule has 0 aliphatic rings. The number of aliphatic carboxylic acids is 2. The highest BCUT2D eigenvalue weighted by Gasteiger charge is 2.16. The van der Waals surface area contributed by atoms with Crippen LogP contribution >= 0.6 is 0 Å². The van der Waals surface area contributed by atoms with Crippen molar-refractivity contribution in [3.63, 3.8) is 0 Å². The Kier molecular flexibility index (Phi) is 8.21. The van der Waals surface area contributed by atoms with E-state index in [1.165, 1.54) is 19.2 Å². The minimum Gasteiger partial charge on any atom is -0.507 e. The topological polar surface area (TPSA) is 141 Å². The Bertz CT molecular complexity index is 824. The van der Waals surface area contributed by atoms with Gasteiger partial charge in [0.15, 0.2) is 5.78 Å². The van der Waals surface area contributed by atoms with E-state index in [1.807, 2.05) is 6.07 Å². The number of carbonyl (C=O) groups excluding carboxylic acids is 1. The van der Waals surface area contributed by atoms with Gasteiger partial charge in [-0.15, -0.1) is 0 Å². The molecular weight excluding hydrogens is 356 g/mol. The molecule has 0 saturated carbocycles. The zero-order valence-electron chi connectivity index (χ0n) is 14.3. The number of aliphatic hydroxyl groups excluding tert-OH is 1. The first-order valence-corrected chi connectivity index (χ1v) is 7.54. The third-order valence-corrected chi connectivity index (χ3v) is 3.22. The van der Waals surface area contributed by atoms with E-state index in [4.69, 9.17) is 14.9 Å². The van der Waals surface area contributed by atoms with E-state index in [9.17, 15) is 24.6 Å². The molecule has 0 amide bonds. The number of carbonyl (C=O) groups is 3. The molecule has 0 unspecified atom stereocenters. The summed E-state index contributed by atoms with van der Waals surface area (Å²) in [6.45, 7) is -0.265. The highest BCUT2D eigenvalue weighted by Crippen LogP contribution is 2.29. The van der Waals surface area contributed by atoms with Gasteiger partial charge in [0.1, 0.15) is 11.5 Å². The summed E-state index contributed by atoms with van der Waals surface area (Å²) in [5, 5.41) is 34.8. The molecule has 0 aliphatic heterocycles. The number of carboxylic acids is 2. The quantitative estimate of drug-likeness (QED) is 0.443. The highest BCUT2D eigenvalue weighted by molar-refractivity contribution is 6.10. The summed E-state index contributed by atoms with van der Waals surface area (Å²) in [5.74, 6) is -2.62. The van der Waals surface area contributed by atoms with E-state index < -0.39 is 11.9 Å². The van der Waals surface area contributed by atoms with Crippen LogP contribution in [-0.4, -0.2) is 45.3 Å². The number of methoxy groups -OCH3 is 1. The lowest BCUT2D eigenvalue weighted by Crippen LogP contribution is -2.04. The fraction of sp³-hybridized carbons (Fsp3) is 0.105. The van der Waals surface area contributed by atoms with Crippen LogP contribution in [0.1, 0.15) is 21.5 Å². The minimum absolute atomic E-state index is 0.149. The normalized spacial score (nSPS) is 10.0. The molecule has 27 heavy (non-hydrogen) atoms. The van der Waals surface area contributed by atoms with Gasteiger partial charge in [0, 0.05) is 29.3 Å². The van der Waals surface area contributed by atoms with Gasteiger partial charge in [-0.25, -0.2) is 9.59 Å². The molecule has 142 valence electrons. The van der Waals surface area contributed by atoms with Crippen LogP contribution in [0.25, 0.3) is 0 Å². The molecule has 0 aromatic heterocycles. The monoisotopic (exact) mass is 374 g/mol. The van der Waals surface area contributed by atoms with Gasteiger partial charge < -0.3 is 25.2 Å². The fourth-order valence-corrected chi connectivity index (χ4v) is 2.00. The smallest absolute Gasteiger partial charge is 0.328 e. The number of carboxylic acid groups (broad SMARTS) is 2. The Morgan fingerprint density at radius 1 is 1.00 bits per heavy atom. The van der Waals surface area contributed by atoms with E-state index in [-0.39, 0.29) is 23.7 Å². The number of hydrogen-bond donors (Lipinski definition) is 4. The predicted octanol–water partition coefficient (Wildman–Crippen LogP) is 1.84. The predicted molar refractivity (Wildman–Crippen MR) is 94.9 cm³/mol. The number of phenolic OH excluding ortho intramolecular Hbond substituents is 1. The third-order valence-electron chi connectivity index (χ3n) is 3.22. The number of ether oxygens (including phenoxy) is 1. The molecule has 2 aromatic carbocycles. The summed E-state index contributed by atoms with van der Waals surface area (Å²) < 4.78 is 5.03. The van der Waals surface area contributed by atoms with Crippen molar-refractivity contribution in [3.8, 4) is 11.5 Å². The molecule has 0 aliphatic carbocycles. The molecule has 0 spiro atoms. The van der Waals surface area contributed by atoms with Crippen molar-refractivity contribution < 1.29 is 39.5 Å². The van der Waals surface area contributed by atoms with Crippen LogP contribution in [0.15, 0.2) is 54.6 Å². The first-order chi connectivity index (χ1) is 12.8. The maximum atomic E-state index is 12.3. The van der Waals surface area contributed by atoms with Gasteiger partial charge in [-0.05, 0) is 6.07 Å². The summed E-state index contributed by atoms with van der Waals surface area (Å²) >= 11 is 0. The Morgan fingerprint density at radius 2 is 1.56 bits per heavy atom. The summed E-state index contributed by atoms with van der Waals surface area (Å²) in [7, 11) is 1.44. The molecule has 0 atom stereocenters. The van der Waals surface area contributed by atoms with Crippen molar-refractivity contribution in [3.05, 3.63) is 71.3 Å². The number of phenols is 1. The SMILES string of the molecule is COc1cc(O)c(C(=O)c2ccccc2)cc1CO.O=C(O)C=CC(=O)O. The number of aliphatic hydroxyl groups is 1. The van der Waals surface area contributed by atoms with Crippen LogP contribution in [0.4, 0.5) is 0 Å². The summed E-state index contributed by atoms with van der Waals surface area (Å²) in [6.07, 6.45) is 1.12. The average molecular weight is 374 g/mol. The second-order valence-electron chi connectivity index (χ2n) is 5.04. The number of hydrogen-bond acceptors (Lipinski definition) is 6. The van der Waals surface area contributed by atoms with Gasteiger partial charge in [-0.1, -0.05) is 30.3 Å². The van der Waals surface area contributed by atoms with Gasteiger partial charge in [-0.3, -0.25) is 4.79 Å². The van der Waals surface area contributed by atoms with Crippen molar-refractivity contribution >= 4 is 17.7 Å². The zero-order chi connectivity index (χ0) is 20.4. The second kappa shape index (κ2) is 10.4. The van der Waals surface area contributed by atoms with Crippen LogP contribution in [0, 0.1) is 0 Å². The van der Waals surface area contributed by atoms with Crippen molar-refractivity contribution in [1.29, 1.82) is 0 Å². The van der Waals surface area contributed by atoms with Crippen LogP contribution in [-0.2, 0) is 16.2 Å². The third kappa shape index (κ3) is 6.63. The largest absolute Gasteiger partial charge is 0.507 e. The van der Waals surface area contributed by atoms with Crippen LogP contribution < -0.4 is 4.74 Å². The minimum atomic E-state index is -1.26. The second-order valence-corrected chi connectivity index (χ2v) is 5.04. The number of rotatable bonds is 6. The van der Waals surface area contributed by atoms with Gasteiger partial charge in [0.25, 0.3) is 0 Å². The van der Waals surface area contributed by atoms with Crippen LogP contribution in [0.3, 0.4) is 0 Å². The standard InChI is InChI=1S/C15H14O4.C4H4O4/c1-19-14-8-13(17)12(7-11(14)9-16)15(18)10-5-3-2-4-6-10;5-3(6)1-2-4(7)8/h2-8,16-17H,9H2,1H3;1-2H,(H,5,6)(H,7,8). The van der Waals surface area contributed by atoms with E-state index >= 15 is 0 Å². The maximum Gasteiger partial charge on any atom is 0.328 e. The van der Waals surface area contributed by atoms with Crippen LogP contribution in [0.5, 0.6) is 11.5 Å². The number of aromatic hydroxyl groups is 1. The van der Waals surface area contributed by atoms with E-state index in [0.29, 0.717) is 29.0 Å².